The fraction of sp³-hybridized carbons (Fsp3) is 0.125. The summed E-state index contributed by atoms with van der Waals surface area (Å²) in [6.07, 6.45) is 0. The molecule has 6 nitrogen and oxygen atoms in total. The van der Waals surface area contributed by atoms with Gasteiger partial charge in [0.15, 0.2) is 0 Å². The first-order valence-corrected chi connectivity index (χ1v) is 7.75. The van der Waals surface area contributed by atoms with E-state index in [9.17, 15) is 4.79 Å². The highest BCUT2D eigenvalue weighted by Crippen LogP contribution is 2.37. The average molecular weight is 290 g/mol. The second-order valence-corrected chi connectivity index (χ2v) is 7.15. The van der Waals surface area contributed by atoms with Crippen LogP contribution in [0.15, 0.2) is 24.3 Å². The van der Waals surface area contributed by atoms with Crippen molar-refractivity contribution < 1.29 is 9.63 Å². The summed E-state index contributed by atoms with van der Waals surface area (Å²) in [7, 11) is 1.53. The fourth-order valence-electron chi connectivity index (χ4n) is 1.17. The molecule has 2 atom stereocenters. The van der Waals surface area contributed by atoms with Gasteiger partial charge >= 0.3 is 0 Å². The number of benzene rings is 1. The van der Waals surface area contributed by atoms with E-state index in [1.807, 2.05) is 28.9 Å². The predicted molar refractivity (Wildman–Crippen MR) is 74.4 cm³/mol. The molecule has 1 aliphatic heterocycles. The van der Waals surface area contributed by atoms with Crippen LogP contribution in [0, 0.1) is 0 Å². The van der Waals surface area contributed by atoms with Crippen molar-refractivity contribution in [3.8, 4) is 5.75 Å². The molecule has 1 saturated heterocycles. The molecular weight excluding hydrogens is 277 g/mol. The lowest BCUT2D eigenvalue weighted by atomic mass is 10.3. The molecule has 0 aliphatic carbocycles. The Morgan fingerprint density at radius 1 is 1.29 bits per heavy atom. The molecule has 1 aromatic rings. The molecule has 1 aromatic carbocycles. The van der Waals surface area contributed by atoms with Crippen LogP contribution in [0.1, 0.15) is 6.92 Å². The van der Waals surface area contributed by atoms with Crippen molar-refractivity contribution in [2.45, 2.75) is 6.92 Å². The minimum atomic E-state index is -0.0768. The Hall–Kier alpha value is -0.340. The van der Waals surface area contributed by atoms with Crippen LogP contribution in [-0.4, -0.2) is 10.5 Å². The smallest absolute Gasteiger partial charge is 0.221 e. The number of amides is 1. The third kappa shape index (κ3) is 4.44. The summed E-state index contributed by atoms with van der Waals surface area (Å²) in [6, 6.07) is 7.29. The lowest BCUT2D eigenvalue weighted by molar-refractivity contribution is -0.114. The van der Waals surface area contributed by atoms with Gasteiger partial charge in [-0.15, -0.1) is 0 Å². The van der Waals surface area contributed by atoms with Crippen molar-refractivity contribution in [3.05, 3.63) is 24.3 Å². The largest absolute Gasteiger partial charge is 0.397 e. The van der Waals surface area contributed by atoms with E-state index in [0.29, 0.717) is 26.6 Å². The van der Waals surface area contributed by atoms with Gasteiger partial charge in [-0.1, -0.05) is 4.60 Å². The van der Waals surface area contributed by atoms with Crippen molar-refractivity contribution in [1.82, 2.24) is 14.3 Å². The summed E-state index contributed by atoms with van der Waals surface area (Å²) in [5, 5.41) is 2.71. The highest BCUT2D eigenvalue weighted by Gasteiger charge is 2.10. The van der Waals surface area contributed by atoms with E-state index in [0.717, 1.165) is 11.4 Å². The lowest BCUT2D eigenvalue weighted by Gasteiger charge is -2.26. The van der Waals surface area contributed by atoms with E-state index in [-0.39, 0.29) is 5.91 Å². The monoisotopic (exact) mass is 290 g/mol. The van der Waals surface area contributed by atoms with Crippen molar-refractivity contribution in [2.75, 3.05) is 5.32 Å². The maximum Gasteiger partial charge on any atom is 0.221 e. The number of carbonyl (C=O) groups excluding carboxylic acids is 1. The summed E-state index contributed by atoms with van der Waals surface area (Å²) in [5.41, 5.74) is 0.770. The molecule has 0 bridgehead atoms. The number of hydrogen-bond donors (Lipinski definition) is 3. The molecule has 2 unspecified atom stereocenters. The maximum absolute atomic E-state index is 10.9. The van der Waals surface area contributed by atoms with Crippen LogP contribution >= 0.6 is 26.6 Å². The van der Waals surface area contributed by atoms with Crippen LogP contribution < -0.4 is 19.9 Å². The second kappa shape index (κ2) is 6.55. The van der Waals surface area contributed by atoms with Gasteiger partial charge in [0.1, 0.15) is 5.75 Å². The molecule has 1 fully saturated rings. The highest BCUT2D eigenvalue weighted by molar-refractivity contribution is 7.65. The maximum atomic E-state index is 10.9. The summed E-state index contributed by atoms with van der Waals surface area (Å²) in [4.78, 5) is 22.9. The third-order valence-electron chi connectivity index (χ3n) is 1.81. The van der Waals surface area contributed by atoms with Crippen LogP contribution in [0.4, 0.5) is 5.69 Å². The van der Waals surface area contributed by atoms with Gasteiger partial charge in [0.05, 0.1) is 17.8 Å². The number of nitrogens with zero attached hydrogens (tertiary/aromatic N) is 1. The van der Waals surface area contributed by atoms with Crippen molar-refractivity contribution in [1.29, 1.82) is 0 Å². The summed E-state index contributed by atoms with van der Waals surface area (Å²) in [5.74, 6) is 0.681. The van der Waals surface area contributed by atoms with Crippen LogP contribution in [0.5, 0.6) is 5.75 Å². The van der Waals surface area contributed by atoms with E-state index >= 15 is 0 Å². The first-order chi connectivity index (χ1) is 8.24. The minimum Gasteiger partial charge on any atom is -0.397 e. The molecular formula is C8H13N4O2P3. The molecule has 17 heavy (non-hydrogen) atoms. The Morgan fingerprint density at radius 3 is 2.53 bits per heavy atom. The number of rotatable bonds is 3. The van der Waals surface area contributed by atoms with E-state index in [2.05, 4.69) is 15.0 Å². The minimum absolute atomic E-state index is 0.0768. The molecule has 0 radical (unpaired) electrons. The van der Waals surface area contributed by atoms with E-state index in [1.54, 1.807) is 0 Å². The molecule has 2 rings (SSSR count). The van der Waals surface area contributed by atoms with Gasteiger partial charge in [-0.05, 0) is 24.3 Å². The summed E-state index contributed by atoms with van der Waals surface area (Å²) in [6.45, 7) is 1.48. The quantitative estimate of drug-likeness (QED) is 0.743. The van der Waals surface area contributed by atoms with Crippen LogP contribution in [0.2, 0.25) is 0 Å². The Kier molecular flexibility index (Phi) is 5.05. The molecule has 0 spiro atoms. The number of carbonyl (C=O) groups is 1. The van der Waals surface area contributed by atoms with E-state index in [4.69, 9.17) is 4.84 Å². The molecule has 0 saturated carbocycles. The van der Waals surface area contributed by atoms with Gasteiger partial charge in [0.2, 0.25) is 5.91 Å². The van der Waals surface area contributed by atoms with Crippen molar-refractivity contribution >= 4 is 38.2 Å². The highest BCUT2D eigenvalue weighted by atomic mass is 31.2. The zero-order valence-corrected chi connectivity index (χ0v) is 12.1. The van der Waals surface area contributed by atoms with Gasteiger partial charge in [-0.25, -0.2) is 0 Å². The van der Waals surface area contributed by atoms with Gasteiger partial charge in [-0.3, -0.25) is 14.5 Å². The SMILES string of the molecule is CC(=O)Nc1ccc(ON2PNPNP2)cc1. The summed E-state index contributed by atoms with van der Waals surface area (Å²) >= 11 is 0. The topological polar surface area (TPSA) is 65.6 Å². The fourth-order valence-corrected chi connectivity index (χ4v) is 4.77. The Bertz CT molecular complexity index is 383. The first kappa shape index (κ1) is 13.1. The van der Waals surface area contributed by atoms with Crippen LogP contribution in [0.3, 0.4) is 0 Å². The number of hydrogen-bond acceptors (Lipinski definition) is 5. The Balaban J connectivity index is 1.90. The third-order valence-corrected chi connectivity index (χ3v) is 4.97. The zero-order valence-electron chi connectivity index (χ0n) is 9.07. The molecule has 3 N–H and O–H groups in total. The lowest BCUT2D eigenvalue weighted by Crippen LogP contribution is -2.19. The van der Waals surface area contributed by atoms with Gasteiger partial charge in [0, 0.05) is 21.5 Å². The first-order valence-electron chi connectivity index (χ1n) is 4.86. The molecule has 1 heterocycles. The standard InChI is InChI=1S/C8H13N4O2P3/c1-6(13)9-7-2-4-8(5-3-7)14-12-16-10-15-11-17-12/h2-5,10-11,15-17H,1H3,(H,9,13). The molecule has 1 aliphatic rings. The molecule has 1 amide bonds. The Labute approximate surface area is 105 Å². The van der Waals surface area contributed by atoms with Crippen LogP contribution in [0.25, 0.3) is 0 Å². The number of nitrogens with one attached hydrogen (secondary N) is 3. The average Bonchev–Trinajstić information content (AvgIpc) is 2.32. The normalized spacial score (nSPS) is 20.8. The molecule has 9 heteroatoms. The molecule has 92 valence electrons. The van der Waals surface area contributed by atoms with Gasteiger partial charge in [0.25, 0.3) is 0 Å². The van der Waals surface area contributed by atoms with E-state index in [1.165, 1.54) is 6.92 Å². The Morgan fingerprint density at radius 2 is 1.94 bits per heavy atom. The summed E-state index contributed by atoms with van der Waals surface area (Å²) < 4.78 is 1.84. The predicted octanol–water partition coefficient (Wildman–Crippen LogP) is 1.96. The van der Waals surface area contributed by atoms with Crippen molar-refractivity contribution in [2.24, 2.45) is 0 Å². The van der Waals surface area contributed by atoms with E-state index < -0.39 is 0 Å². The zero-order chi connectivity index (χ0) is 12.1. The molecule has 0 aromatic heterocycles. The van der Waals surface area contributed by atoms with Crippen molar-refractivity contribution in [3.63, 3.8) is 0 Å². The second-order valence-electron chi connectivity index (χ2n) is 3.19. The van der Waals surface area contributed by atoms with Crippen LogP contribution in [-0.2, 0) is 4.79 Å². The number of anilines is 1. The van der Waals surface area contributed by atoms with Gasteiger partial charge < -0.3 is 10.2 Å². The van der Waals surface area contributed by atoms with Gasteiger partial charge in [-0.2, -0.15) is 0 Å².